The largest absolute Gasteiger partial charge is 0.403 e. The van der Waals surface area contributed by atoms with Gasteiger partial charge in [0.05, 0.1) is 0 Å². The summed E-state index contributed by atoms with van der Waals surface area (Å²) in [4.78, 5) is 11.5. The lowest BCUT2D eigenvalue weighted by molar-refractivity contribution is -0.226. The van der Waals surface area contributed by atoms with Crippen molar-refractivity contribution in [1.29, 1.82) is 0 Å². The van der Waals surface area contributed by atoms with E-state index in [0.29, 0.717) is 19.3 Å². The van der Waals surface area contributed by atoms with E-state index in [1.165, 1.54) is 7.05 Å². The SMILES string of the molecule is CCCCC(CCC)(C(=O)NC)C(F)(F)F. The second-order valence-corrected chi connectivity index (χ2v) is 4.01. The number of halogens is 3. The van der Waals surface area contributed by atoms with E-state index in [-0.39, 0.29) is 12.8 Å². The van der Waals surface area contributed by atoms with Crippen LogP contribution in [-0.4, -0.2) is 19.1 Å². The zero-order chi connectivity index (χ0) is 12.8. The van der Waals surface area contributed by atoms with Gasteiger partial charge in [0, 0.05) is 7.05 Å². The molecule has 0 aliphatic carbocycles. The van der Waals surface area contributed by atoms with E-state index >= 15 is 0 Å². The summed E-state index contributed by atoms with van der Waals surface area (Å²) in [6, 6.07) is 0. The molecule has 96 valence electrons. The molecule has 1 unspecified atom stereocenters. The minimum Gasteiger partial charge on any atom is -0.358 e. The summed E-state index contributed by atoms with van der Waals surface area (Å²) in [6.45, 7) is 3.48. The molecule has 0 aliphatic heterocycles. The molecule has 2 nitrogen and oxygen atoms in total. The van der Waals surface area contributed by atoms with Gasteiger partial charge in [-0.1, -0.05) is 33.1 Å². The zero-order valence-corrected chi connectivity index (χ0v) is 10.1. The van der Waals surface area contributed by atoms with Gasteiger partial charge in [0.2, 0.25) is 5.91 Å². The molecular weight excluding hydrogens is 219 g/mol. The normalized spacial score (nSPS) is 15.6. The van der Waals surface area contributed by atoms with Crippen molar-refractivity contribution >= 4 is 5.91 Å². The molecule has 1 amide bonds. The van der Waals surface area contributed by atoms with E-state index in [9.17, 15) is 18.0 Å². The molecule has 0 aromatic rings. The summed E-state index contributed by atoms with van der Waals surface area (Å²) in [7, 11) is 1.25. The summed E-state index contributed by atoms with van der Waals surface area (Å²) in [5.41, 5.74) is -2.20. The molecule has 0 rings (SSSR count). The number of carbonyl (C=O) groups is 1. The highest BCUT2D eigenvalue weighted by Gasteiger charge is 2.58. The first-order valence-electron chi connectivity index (χ1n) is 5.64. The lowest BCUT2D eigenvalue weighted by atomic mass is 9.77. The summed E-state index contributed by atoms with van der Waals surface area (Å²) >= 11 is 0. The summed E-state index contributed by atoms with van der Waals surface area (Å²) < 4.78 is 39.2. The molecule has 0 aliphatic rings. The number of amides is 1. The second-order valence-electron chi connectivity index (χ2n) is 4.01. The van der Waals surface area contributed by atoms with E-state index in [0.717, 1.165) is 0 Å². The van der Waals surface area contributed by atoms with E-state index in [1.54, 1.807) is 6.92 Å². The van der Waals surface area contributed by atoms with E-state index in [1.807, 2.05) is 6.92 Å². The maximum Gasteiger partial charge on any atom is 0.403 e. The van der Waals surface area contributed by atoms with E-state index < -0.39 is 17.5 Å². The third-order valence-electron chi connectivity index (χ3n) is 2.84. The van der Waals surface area contributed by atoms with Crippen LogP contribution in [-0.2, 0) is 4.79 Å². The fraction of sp³-hybridized carbons (Fsp3) is 0.909. The molecule has 1 N–H and O–H groups in total. The van der Waals surface area contributed by atoms with Gasteiger partial charge in [-0.3, -0.25) is 4.79 Å². The smallest absolute Gasteiger partial charge is 0.358 e. The fourth-order valence-electron chi connectivity index (χ4n) is 1.91. The Balaban J connectivity index is 5.13. The molecule has 0 bridgehead atoms. The quantitative estimate of drug-likeness (QED) is 0.757. The van der Waals surface area contributed by atoms with Gasteiger partial charge in [-0.25, -0.2) is 0 Å². The molecule has 16 heavy (non-hydrogen) atoms. The van der Waals surface area contributed by atoms with Crippen LogP contribution >= 0.6 is 0 Å². The lowest BCUT2D eigenvalue weighted by Crippen LogP contribution is -2.49. The number of hydrogen-bond acceptors (Lipinski definition) is 1. The first kappa shape index (κ1) is 15.3. The molecule has 0 aromatic carbocycles. The van der Waals surface area contributed by atoms with Gasteiger partial charge in [-0.2, -0.15) is 13.2 Å². The minimum atomic E-state index is -4.47. The highest BCUT2D eigenvalue weighted by Crippen LogP contribution is 2.46. The zero-order valence-electron chi connectivity index (χ0n) is 10.1. The molecule has 0 heterocycles. The van der Waals surface area contributed by atoms with Gasteiger partial charge in [-0.15, -0.1) is 0 Å². The highest BCUT2D eigenvalue weighted by atomic mass is 19.4. The van der Waals surface area contributed by atoms with Crippen molar-refractivity contribution in [2.24, 2.45) is 5.41 Å². The molecule has 0 radical (unpaired) electrons. The van der Waals surface area contributed by atoms with E-state index in [4.69, 9.17) is 0 Å². The predicted molar refractivity (Wildman–Crippen MR) is 57.0 cm³/mol. The number of alkyl halides is 3. The van der Waals surface area contributed by atoms with Crippen LogP contribution in [0.25, 0.3) is 0 Å². The number of nitrogens with one attached hydrogen (secondary N) is 1. The number of hydrogen-bond donors (Lipinski definition) is 1. The van der Waals surface area contributed by atoms with Crippen molar-refractivity contribution in [2.45, 2.75) is 52.1 Å². The molecule has 0 aromatic heterocycles. The standard InChI is InChI=1S/C11H20F3NO/c1-4-6-8-10(7-5-2,9(16)15-3)11(12,13)14/h4-8H2,1-3H3,(H,15,16). The molecule has 0 spiro atoms. The van der Waals surface area contributed by atoms with Gasteiger partial charge in [0.1, 0.15) is 5.41 Å². The van der Waals surface area contributed by atoms with Crippen molar-refractivity contribution in [2.75, 3.05) is 7.05 Å². The van der Waals surface area contributed by atoms with Crippen LogP contribution in [0.4, 0.5) is 13.2 Å². The Morgan fingerprint density at radius 2 is 1.69 bits per heavy atom. The maximum absolute atomic E-state index is 13.1. The first-order chi connectivity index (χ1) is 7.35. The van der Waals surface area contributed by atoms with Gasteiger partial charge in [-0.05, 0) is 12.8 Å². The Morgan fingerprint density at radius 1 is 1.12 bits per heavy atom. The van der Waals surface area contributed by atoms with Crippen molar-refractivity contribution in [3.63, 3.8) is 0 Å². The predicted octanol–water partition coefficient (Wildman–Crippen LogP) is 3.27. The van der Waals surface area contributed by atoms with Gasteiger partial charge < -0.3 is 5.32 Å². The van der Waals surface area contributed by atoms with E-state index in [2.05, 4.69) is 5.32 Å². The molecule has 0 saturated heterocycles. The topological polar surface area (TPSA) is 29.1 Å². The molecule has 0 fully saturated rings. The van der Waals surface area contributed by atoms with Crippen LogP contribution in [0, 0.1) is 5.41 Å². The lowest BCUT2D eigenvalue weighted by Gasteiger charge is -2.33. The van der Waals surface area contributed by atoms with Gasteiger partial charge >= 0.3 is 6.18 Å². The monoisotopic (exact) mass is 239 g/mol. The highest BCUT2D eigenvalue weighted by molar-refractivity contribution is 5.83. The second kappa shape index (κ2) is 6.11. The van der Waals surface area contributed by atoms with Gasteiger partial charge in [0.25, 0.3) is 0 Å². The Labute approximate surface area is 94.6 Å². The van der Waals surface area contributed by atoms with Crippen LogP contribution in [0.5, 0.6) is 0 Å². The first-order valence-corrected chi connectivity index (χ1v) is 5.64. The van der Waals surface area contributed by atoms with Crippen LogP contribution in [0.3, 0.4) is 0 Å². The van der Waals surface area contributed by atoms with Crippen molar-refractivity contribution in [3.05, 3.63) is 0 Å². The summed E-state index contributed by atoms with van der Waals surface area (Å²) in [5.74, 6) is -0.907. The van der Waals surface area contributed by atoms with Crippen LogP contribution < -0.4 is 5.32 Å². The number of rotatable bonds is 6. The van der Waals surface area contributed by atoms with Gasteiger partial charge in [0.15, 0.2) is 0 Å². The maximum atomic E-state index is 13.1. The van der Waals surface area contributed by atoms with Crippen molar-refractivity contribution < 1.29 is 18.0 Å². The summed E-state index contributed by atoms with van der Waals surface area (Å²) in [6.07, 6.45) is -3.34. The molecule has 1 atom stereocenters. The Morgan fingerprint density at radius 3 is 2.00 bits per heavy atom. The third kappa shape index (κ3) is 3.12. The molecule has 5 heteroatoms. The third-order valence-corrected chi connectivity index (χ3v) is 2.84. The Kier molecular flexibility index (Phi) is 5.83. The van der Waals surface area contributed by atoms with Crippen LogP contribution in [0.2, 0.25) is 0 Å². The van der Waals surface area contributed by atoms with Crippen molar-refractivity contribution in [3.8, 4) is 0 Å². The Hall–Kier alpha value is -0.740. The molecular formula is C11H20F3NO. The summed E-state index contributed by atoms with van der Waals surface area (Å²) in [5, 5.41) is 2.15. The minimum absolute atomic E-state index is 0.124. The molecule has 0 saturated carbocycles. The van der Waals surface area contributed by atoms with Crippen LogP contribution in [0.15, 0.2) is 0 Å². The Bertz CT molecular complexity index is 228. The average molecular weight is 239 g/mol. The van der Waals surface area contributed by atoms with Crippen LogP contribution in [0.1, 0.15) is 46.0 Å². The van der Waals surface area contributed by atoms with Crippen molar-refractivity contribution in [1.82, 2.24) is 5.32 Å². The number of carbonyl (C=O) groups excluding carboxylic acids is 1. The number of unbranched alkanes of at least 4 members (excludes halogenated alkanes) is 1. The fourth-order valence-corrected chi connectivity index (χ4v) is 1.91. The average Bonchev–Trinajstić information content (AvgIpc) is 2.21.